The summed E-state index contributed by atoms with van der Waals surface area (Å²) in [4.78, 5) is 22.4. The van der Waals surface area contributed by atoms with Crippen LogP contribution in [0.5, 0.6) is 0 Å². The number of hydrogen-bond acceptors (Lipinski definition) is 5. The molecule has 1 aliphatic rings. The Bertz CT molecular complexity index is 438. The van der Waals surface area contributed by atoms with E-state index in [1.807, 2.05) is 0 Å². The summed E-state index contributed by atoms with van der Waals surface area (Å²) >= 11 is 0. The number of amides is 2. The standard InChI is InChI=1S/C9H14N6O2/c1-5(8(10)16)12-9(17)7-4-15(14-13-7)6-2-11-3-6/h4-6,11H,2-3H2,1H3,(H2,10,16)(H,12,17). The van der Waals surface area contributed by atoms with Crippen molar-refractivity contribution in [1.82, 2.24) is 25.6 Å². The van der Waals surface area contributed by atoms with Crippen LogP contribution in [-0.4, -0.2) is 45.9 Å². The molecule has 2 heterocycles. The zero-order chi connectivity index (χ0) is 12.4. The van der Waals surface area contributed by atoms with Crippen molar-refractivity contribution in [2.24, 2.45) is 5.73 Å². The number of nitrogens with zero attached hydrogens (tertiary/aromatic N) is 3. The summed E-state index contributed by atoms with van der Waals surface area (Å²) in [6, 6.07) is -0.476. The SMILES string of the molecule is CC(NC(=O)c1cn(C2CNC2)nn1)C(N)=O. The van der Waals surface area contributed by atoms with Gasteiger partial charge in [0.15, 0.2) is 5.69 Å². The lowest BCUT2D eigenvalue weighted by Crippen LogP contribution is -2.43. The number of nitrogens with two attached hydrogens (primary N) is 1. The summed E-state index contributed by atoms with van der Waals surface area (Å²) < 4.78 is 1.64. The van der Waals surface area contributed by atoms with Gasteiger partial charge in [-0.15, -0.1) is 5.10 Å². The van der Waals surface area contributed by atoms with E-state index in [1.165, 1.54) is 6.92 Å². The number of rotatable bonds is 4. The van der Waals surface area contributed by atoms with Crippen LogP contribution in [-0.2, 0) is 4.79 Å². The molecule has 0 aromatic carbocycles. The zero-order valence-corrected chi connectivity index (χ0v) is 9.38. The monoisotopic (exact) mass is 238 g/mol. The lowest BCUT2D eigenvalue weighted by atomic mass is 10.2. The first kappa shape index (κ1) is 11.5. The molecule has 92 valence electrons. The summed E-state index contributed by atoms with van der Waals surface area (Å²) in [5, 5.41) is 13.1. The van der Waals surface area contributed by atoms with Gasteiger partial charge in [0.25, 0.3) is 5.91 Å². The van der Waals surface area contributed by atoms with E-state index in [4.69, 9.17) is 5.73 Å². The maximum Gasteiger partial charge on any atom is 0.274 e. The summed E-state index contributed by atoms with van der Waals surface area (Å²) in [5.41, 5.74) is 5.23. The Balaban J connectivity index is 1.99. The van der Waals surface area contributed by atoms with Gasteiger partial charge in [-0.2, -0.15) is 0 Å². The molecule has 1 aliphatic heterocycles. The fraction of sp³-hybridized carbons (Fsp3) is 0.556. The second-order valence-corrected chi connectivity index (χ2v) is 3.99. The molecule has 4 N–H and O–H groups in total. The fourth-order valence-corrected chi connectivity index (χ4v) is 1.36. The highest BCUT2D eigenvalue weighted by Crippen LogP contribution is 2.09. The van der Waals surface area contributed by atoms with E-state index in [1.54, 1.807) is 10.9 Å². The third-order valence-corrected chi connectivity index (χ3v) is 2.65. The number of nitrogens with one attached hydrogen (secondary N) is 2. The largest absolute Gasteiger partial charge is 0.368 e. The zero-order valence-electron chi connectivity index (χ0n) is 9.38. The minimum absolute atomic E-state index is 0.185. The van der Waals surface area contributed by atoms with Crippen molar-refractivity contribution in [3.63, 3.8) is 0 Å². The van der Waals surface area contributed by atoms with Gasteiger partial charge < -0.3 is 16.4 Å². The molecule has 1 aromatic heterocycles. The van der Waals surface area contributed by atoms with Gasteiger partial charge in [0.1, 0.15) is 6.04 Å². The fourth-order valence-electron chi connectivity index (χ4n) is 1.36. The van der Waals surface area contributed by atoms with Crippen LogP contribution >= 0.6 is 0 Å². The van der Waals surface area contributed by atoms with Crippen LogP contribution in [0.25, 0.3) is 0 Å². The van der Waals surface area contributed by atoms with Crippen LogP contribution < -0.4 is 16.4 Å². The molecule has 0 aliphatic carbocycles. The van der Waals surface area contributed by atoms with Crippen LogP contribution in [0, 0.1) is 0 Å². The molecule has 0 bridgehead atoms. The number of carbonyl (C=O) groups is 2. The first-order chi connectivity index (χ1) is 8.08. The quantitative estimate of drug-likeness (QED) is 0.562. The van der Waals surface area contributed by atoms with Gasteiger partial charge in [0.2, 0.25) is 5.91 Å². The number of primary amides is 1. The predicted molar refractivity (Wildman–Crippen MR) is 58.1 cm³/mol. The Kier molecular flexibility index (Phi) is 3.05. The molecule has 0 radical (unpaired) electrons. The van der Waals surface area contributed by atoms with Gasteiger partial charge in [0.05, 0.1) is 12.2 Å². The van der Waals surface area contributed by atoms with Gasteiger partial charge in [0, 0.05) is 13.1 Å². The Morgan fingerprint density at radius 3 is 2.88 bits per heavy atom. The van der Waals surface area contributed by atoms with Gasteiger partial charge in [-0.05, 0) is 6.92 Å². The third-order valence-electron chi connectivity index (χ3n) is 2.65. The normalized spacial score (nSPS) is 17.2. The maximum absolute atomic E-state index is 11.7. The first-order valence-corrected chi connectivity index (χ1v) is 5.30. The van der Waals surface area contributed by atoms with E-state index < -0.39 is 17.9 Å². The van der Waals surface area contributed by atoms with E-state index in [0.29, 0.717) is 0 Å². The molecule has 1 atom stereocenters. The molecule has 0 spiro atoms. The molecule has 1 aromatic rings. The van der Waals surface area contributed by atoms with Gasteiger partial charge >= 0.3 is 0 Å². The Hall–Kier alpha value is -1.96. The second-order valence-electron chi connectivity index (χ2n) is 3.99. The number of hydrogen-bond donors (Lipinski definition) is 3. The molecule has 1 unspecified atom stereocenters. The molecular formula is C9H14N6O2. The van der Waals surface area contributed by atoms with E-state index in [9.17, 15) is 9.59 Å². The van der Waals surface area contributed by atoms with Gasteiger partial charge in [-0.3, -0.25) is 9.59 Å². The lowest BCUT2D eigenvalue weighted by molar-refractivity contribution is -0.119. The van der Waals surface area contributed by atoms with Crippen LogP contribution in [0.3, 0.4) is 0 Å². The van der Waals surface area contributed by atoms with E-state index in [2.05, 4.69) is 20.9 Å². The highest BCUT2D eigenvalue weighted by molar-refractivity contribution is 5.95. The van der Waals surface area contributed by atoms with Crippen molar-refractivity contribution in [1.29, 1.82) is 0 Å². The molecule has 8 heteroatoms. The molecule has 1 fully saturated rings. The molecule has 0 saturated carbocycles. The predicted octanol–water partition coefficient (Wildman–Crippen LogP) is -1.97. The van der Waals surface area contributed by atoms with Crippen LogP contribution in [0.4, 0.5) is 0 Å². The van der Waals surface area contributed by atoms with Gasteiger partial charge in [-0.1, -0.05) is 5.21 Å². The summed E-state index contributed by atoms with van der Waals surface area (Å²) in [5.74, 6) is -1.04. The average Bonchev–Trinajstić information content (AvgIpc) is 2.63. The smallest absolute Gasteiger partial charge is 0.274 e. The van der Waals surface area contributed by atoms with Crippen molar-refractivity contribution < 1.29 is 9.59 Å². The molecule has 8 nitrogen and oxygen atoms in total. The Morgan fingerprint density at radius 2 is 2.35 bits per heavy atom. The van der Waals surface area contributed by atoms with Crippen LogP contribution in [0.15, 0.2) is 6.20 Å². The summed E-state index contributed by atoms with van der Waals surface area (Å²) in [7, 11) is 0. The lowest BCUT2D eigenvalue weighted by Gasteiger charge is -2.26. The Morgan fingerprint density at radius 1 is 1.65 bits per heavy atom. The molecule has 1 saturated heterocycles. The number of aromatic nitrogens is 3. The molecule has 2 amide bonds. The molecule has 2 rings (SSSR count). The third kappa shape index (κ3) is 2.41. The van der Waals surface area contributed by atoms with Crippen LogP contribution in [0.1, 0.15) is 23.5 Å². The number of carbonyl (C=O) groups excluding carboxylic acids is 2. The van der Waals surface area contributed by atoms with Crippen molar-refractivity contribution >= 4 is 11.8 Å². The summed E-state index contributed by atoms with van der Waals surface area (Å²) in [6.45, 7) is 3.16. The van der Waals surface area contributed by atoms with E-state index in [-0.39, 0.29) is 11.7 Å². The van der Waals surface area contributed by atoms with Crippen molar-refractivity contribution in [2.45, 2.75) is 19.0 Å². The van der Waals surface area contributed by atoms with Crippen molar-refractivity contribution in [2.75, 3.05) is 13.1 Å². The van der Waals surface area contributed by atoms with E-state index in [0.717, 1.165) is 13.1 Å². The second kappa shape index (κ2) is 4.50. The summed E-state index contributed by atoms with van der Waals surface area (Å²) in [6.07, 6.45) is 1.56. The first-order valence-electron chi connectivity index (χ1n) is 5.30. The highest BCUT2D eigenvalue weighted by atomic mass is 16.2. The minimum atomic E-state index is -0.724. The minimum Gasteiger partial charge on any atom is -0.368 e. The van der Waals surface area contributed by atoms with Crippen molar-refractivity contribution in [3.8, 4) is 0 Å². The van der Waals surface area contributed by atoms with Gasteiger partial charge in [-0.25, -0.2) is 4.68 Å². The molecule has 17 heavy (non-hydrogen) atoms. The van der Waals surface area contributed by atoms with E-state index >= 15 is 0 Å². The van der Waals surface area contributed by atoms with Crippen molar-refractivity contribution in [3.05, 3.63) is 11.9 Å². The maximum atomic E-state index is 11.7. The highest BCUT2D eigenvalue weighted by Gasteiger charge is 2.22. The topological polar surface area (TPSA) is 115 Å². The Labute approximate surface area is 97.5 Å². The average molecular weight is 238 g/mol. The molecular weight excluding hydrogens is 224 g/mol. The van der Waals surface area contributed by atoms with Crippen LogP contribution in [0.2, 0.25) is 0 Å².